The molecule has 0 bridgehead atoms. The minimum absolute atomic E-state index is 0.0630. The number of rotatable bonds is 5. The van der Waals surface area contributed by atoms with E-state index in [1.807, 2.05) is 42.5 Å². The van der Waals surface area contributed by atoms with Crippen molar-refractivity contribution in [3.05, 3.63) is 77.1 Å². The highest BCUT2D eigenvalue weighted by Crippen LogP contribution is 2.35. The number of pyridine rings is 1. The molecule has 3 N–H and O–H groups in total. The van der Waals surface area contributed by atoms with Gasteiger partial charge in [0.15, 0.2) is 0 Å². The van der Waals surface area contributed by atoms with E-state index in [1.165, 1.54) is 6.20 Å². The van der Waals surface area contributed by atoms with Crippen molar-refractivity contribution in [3.63, 3.8) is 0 Å². The summed E-state index contributed by atoms with van der Waals surface area (Å²) in [7, 11) is 0. The van der Waals surface area contributed by atoms with Gasteiger partial charge < -0.3 is 15.5 Å². The Hall–Kier alpha value is -2.63. The van der Waals surface area contributed by atoms with E-state index in [1.54, 1.807) is 12.3 Å². The van der Waals surface area contributed by atoms with Gasteiger partial charge in [0.1, 0.15) is 0 Å². The molecule has 2 unspecified atom stereocenters. The molecule has 6 heteroatoms. The third kappa shape index (κ3) is 3.90. The summed E-state index contributed by atoms with van der Waals surface area (Å²) in [5.41, 5.74) is 1.34. The summed E-state index contributed by atoms with van der Waals surface area (Å²) < 4.78 is 0. The van der Waals surface area contributed by atoms with Crippen molar-refractivity contribution in [2.75, 3.05) is 6.54 Å². The molecule has 0 aliphatic heterocycles. The largest absolute Gasteiger partial charge is 0.465 e. The summed E-state index contributed by atoms with van der Waals surface area (Å²) in [6, 6.07) is 15.3. The zero-order valence-corrected chi connectivity index (χ0v) is 14.0. The molecule has 2 aromatic carbocycles. The smallest absolute Gasteiger partial charge is 0.404 e. The maximum atomic E-state index is 10.9. The highest BCUT2D eigenvalue weighted by molar-refractivity contribution is 6.31. The van der Waals surface area contributed by atoms with Gasteiger partial charge in [-0.05, 0) is 22.4 Å². The van der Waals surface area contributed by atoms with Gasteiger partial charge in [0.05, 0.1) is 11.1 Å². The van der Waals surface area contributed by atoms with Crippen molar-refractivity contribution >= 4 is 28.5 Å². The van der Waals surface area contributed by atoms with Crippen LogP contribution in [0.2, 0.25) is 5.02 Å². The second-order valence-electron chi connectivity index (χ2n) is 5.74. The first-order valence-electron chi connectivity index (χ1n) is 7.79. The molecule has 1 heterocycles. The fourth-order valence-electron chi connectivity index (χ4n) is 2.89. The van der Waals surface area contributed by atoms with Crippen molar-refractivity contribution in [2.24, 2.45) is 0 Å². The summed E-state index contributed by atoms with van der Waals surface area (Å²) in [6.07, 6.45) is 0.900. The molecule has 0 spiro atoms. The fourth-order valence-corrected chi connectivity index (χ4v) is 3.12. The molecular weight excluding hydrogens is 340 g/mol. The average Bonchev–Trinajstić information content (AvgIpc) is 2.61. The van der Waals surface area contributed by atoms with E-state index in [4.69, 9.17) is 16.7 Å². The summed E-state index contributed by atoms with van der Waals surface area (Å²) in [6.45, 7) is 0.0630. The number of benzene rings is 2. The highest BCUT2D eigenvalue weighted by Gasteiger charge is 2.25. The van der Waals surface area contributed by atoms with E-state index in [0.717, 1.165) is 16.3 Å². The molecule has 0 radical (unpaired) electrons. The van der Waals surface area contributed by atoms with Gasteiger partial charge in [0.2, 0.25) is 0 Å². The predicted octanol–water partition coefficient (Wildman–Crippen LogP) is 3.97. The molecule has 2 atom stereocenters. The van der Waals surface area contributed by atoms with Crippen LogP contribution in [0.1, 0.15) is 23.1 Å². The Morgan fingerprint density at radius 3 is 2.64 bits per heavy atom. The number of nitrogens with one attached hydrogen (secondary N) is 1. The van der Waals surface area contributed by atoms with E-state index in [9.17, 15) is 9.90 Å². The number of fused-ring (bicyclic) bond motifs is 1. The number of carboxylic acid groups (broad SMARTS) is 1. The van der Waals surface area contributed by atoms with Crippen molar-refractivity contribution in [1.29, 1.82) is 0 Å². The van der Waals surface area contributed by atoms with Crippen LogP contribution in [0.4, 0.5) is 4.79 Å². The van der Waals surface area contributed by atoms with Crippen LogP contribution in [0.25, 0.3) is 10.8 Å². The van der Waals surface area contributed by atoms with Crippen molar-refractivity contribution in [2.45, 2.75) is 12.0 Å². The monoisotopic (exact) mass is 356 g/mol. The molecule has 3 aromatic rings. The highest BCUT2D eigenvalue weighted by atomic mass is 35.5. The topological polar surface area (TPSA) is 82.5 Å². The molecule has 0 saturated heterocycles. The second-order valence-corrected chi connectivity index (χ2v) is 6.15. The Kier molecular flexibility index (Phi) is 5.16. The molecule has 5 nitrogen and oxygen atoms in total. The van der Waals surface area contributed by atoms with Crippen LogP contribution in [-0.4, -0.2) is 27.8 Å². The van der Waals surface area contributed by atoms with Crippen LogP contribution in [0, 0.1) is 0 Å². The number of hydrogen-bond donors (Lipinski definition) is 3. The lowest BCUT2D eigenvalue weighted by molar-refractivity contribution is 0.140. The van der Waals surface area contributed by atoms with Crippen LogP contribution < -0.4 is 5.32 Å². The van der Waals surface area contributed by atoms with Gasteiger partial charge in [-0.2, -0.15) is 0 Å². The first kappa shape index (κ1) is 17.2. The standard InChI is InChI=1S/C19H17ClN2O3/c20-17-11-21-8-7-15(17)18(23)16(10-22-19(24)25)14-6-5-12-3-1-2-4-13(12)9-14/h1-9,11,16,18,22-23H,10H2,(H,24,25). The van der Waals surface area contributed by atoms with Gasteiger partial charge in [0, 0.05) is 30.4 Å². The van der Waals surface area contributed by atoms with Crippen LogP contribution in [0.3, 0.4) is 0 Å². The Labute approximate surface area is 149 Å². The first-order chi connectivity index (χ1) is 12.1. The number of carbonyl (C=O) groups is 1. The summed E-state index contributed by atoms with van der Waals surface area (Å²) >= 11 is 6.15. The molecule has 0 saturated carbocycles. The lowest BCUT2D eigenvalue weighted by Crippen LogP contribution is -2.29. The minimum Gasteiger partial charge on any atom is -0.465 e. The second kappa shape index (κ2) is 7.51. The first-order valence-corrected chi connectivity index (χ1v) is 8.17. The Bertz CT molecular complexity index is 900. The SMILES string of the molecule is O=C(O)NCC(c1ccc2ccccc2c1)C(O)c1ccncc1Cl. The van der Waals surface area contributed by atoms with Gasteiger partial charge >= 0.3 is 6.09 Å². The van der Waals surface area contributed by atoms with Crippen molar-refractivity contribution < 1.29 is 15.0 Å². The average molecular weight is 357 g/mol. The van der Waals surface area contributed by atoms with Gasteiger partial charge in [-0.3, -0.25) is 4.98 Å². The zero-order chi connectivity index (χ0) is 17.8. The van der Waals surface area contributed by atoms with Crippen LogP contribution in [0.15, 0.2) is 60.9 Å². The predicted molar refractivity (Wildman–Crippen MR) is 96.9 cm³/mol. The van der Waals surface area contributed by atoms with Crippen molar-refractivity contribution in [3.8, 4) is 0 Å². The number of halogens is 1. The molecule has 0 aliphatic carbocycles. The maximum Gasteiger partial charge on any atom is 0.404 e. The molecule has 1 amide bonds. The molecule has 25 heavy (non-hydrogen) atoms. The van der Waals surface area contributed by atoms with Crippen LogP contribution in [0.5, 0.6) is 0 Å². The van der Waals surface area contributed by atoms with E-state index < -0.39 is 18.1 Å². The van der Waals surface area contributed by atoms with E-state index in [-0.39, 0.29) is 6.54 Å². The lowest BCUT2D eigenvalue weighted by Gasteiger charge is -2.24. The number of hydrogen-bond acceptors (Lipinski definition) is 3. The summed E-state index contributed by atoms with van der Waals surface area (Å²) in [5.74, 6) is -0.486. The molecule has 128 valence electrons. The molecule has 0 fully saturated rings. The molecule has 1 aromatic heterocycles. The van der Waals surface area contributed by atoms with E-state index in [2.05, 4.69) is 10.3 Å². The maximum absolute atomic E-state index is 10.9. The van der Waals surface area contributed by atoms with E-state index >= 15 is 0 Å². The van der Waals surface area contributed by atoms with Gasteiger partial charge in [-0.25, -0.2) is 4.79 Å². The Balaban J connectivity index is 2.00. The van der Waals surface area contributed by atoms with Crippen LogP contribution in [-0.2, 0) is 0 Å². The Morgan fingerprint density at radius 2 is 1.92 bits per heavy atom. The lowest BCUT2D eigenvalue weighted by atomic mass is 9.88. The zero-order valence-electron chi connectivity index (χ0n) is 13.3. The minimum atomic E-state index is -1.14. The quantitative estimate of drug-likeness (QED) is 0.646. The molecule has 0 aliphatic rings. The van der Waals surface area contributed by atoms with Gasteiger partial charge in [-0.15, -0.1) is 0 Å². The molecular formula is C19H17ClN2O3. The number of aliphatic hydroxyl groups excluding tert-OH is 1. The normalized spacial score (nSPS) is 13.4. The number of aromatic nitrogens is 1. The van der Waals surface area contributed by atoms with Gasteiger partial charge in [0.25, 0.3) is 0 Å². The third-order valence-electron chi connectivity index (χ3n) is 4.18. The number of amides is 1. The molecule has 3 rings (SSSR count). The van der Waals surface area contributed by atoms with Crippen molar-refractivity contribution in [1.82, 2.24) is 10.3 Å². The Morgan fingerprint density at radius 1 is 1.16 bits per heavy atom. The fraction of sp³-hybridized carbons (Fsp3) is 0.158. The number of nitrogens with zero attached hydrogens (tertiary/aromatic N) is 1. The van der Waals surface area contributed by atoms with Crippen LogP contribution >= 0.6 is 11.6 Å². The van der Waals surface area contributed by atoms with E-state index in [0.29, 0.717) is 10.6 Å². The third-order valence-corrected chi connectivity index (χ3v) is 4.49. The summed E-state index contributed by atoms with van der Waals surface area (Å²) in [4.78, 5) is 14.9. The summed E-state index contributed by atoms with van der Waals surface area (Å²) in [5, 5.41) is 24.6. The van der Waals surface area contributed by atoms with Gasteiger partial charge in [-0.1, -0.05) is 54.1 Å². The number of aliphatic hydroxyl groups is 1.